The van der Waals surface area contributed by atoms with Crippen molar-refractivity contribution >= 4 is 17.7 Å². The minimum Gasteiger partial charge on any atom is -0.479 e. The molecule has 9 heterocycles. The number of ether oxygens (including phenoxy) is 9. The molecule has 9 aliphatic heterocycles. The third-order valence-corrected chi connectivity index (χ3v) is 16.0. The average Bonchev–Trinajstić information content (AvgIpc) is 4.06. The lowest BCUT2D eigenvalue weighted by Gasteiger charge is -2.46. The van der Waals surface area contributed by atoms with Crippen LogP contribution in [0.1, 0.15) is 131 Å². The number of Topliss-reactive ketones (excluding diaryl/α,β-unsaturated/α-hetero) is 1. The van der Waals surface area contributed by atoms with Crippen LogP contribution in [0, 0.1) is 17.8 Å². The molecule has 0 aromatic rings. The van der Waals surface area contributed by atoms with E-state index in [4.69, 9.17) is 42.6 Å². The monoisotopic (exact) mass is 888 g/mol. The molecule has 2 unspecified atom stereocenters. The van der Waals surface area contributed by atoms with Crippen molar-refractivity contribution < 1.29 is 77.4 Å². The third kappa shape index (κ3) is 8.18. The molecule has 8 saturated heterocycles. The number of carboxylic acid groups (broad SMARTS) is 1. The second-order valence-corrected chi connectivity index (χ2v) is 21.1. The van der Waals surface area contributed by atoms with Crippen LogP contribution in [0.4, 0.5) is 0 Å². The highest BCUT2D eigenvalue weighted by Gasteiger charge is 2.68. The number of aliphatic hydroxyl groups excluding tert-OH is 2. The van der Waals surface area contributed by atoms with Crippen molar-refractivity contribution in [3.63, 3.8) is 0 Å². The van der Waals surface area contributed by atoms with E-state index in [1.54, 1.807) is 13.8 Å². The van der Waals surface area contributed by atoms with Gasteiger partial charge in [-0.1, -0.05) is 37.6 Å². The number of aliphatic carboxylic acids is 1. The van der Waals surface area contributed by atoms with Crippen LogP contribution >= 0.6 is 0 Å². The number of esters is 1. The lowest BCUT2D eigenvalue weighted by atomic mass is 9.87. The van der Waals surface area contributed by atoms with Crippen LogP contribution in [0.3, 0.4) is 0 Å². The fourth-order valence-corrected chi connectivity index (χ4v) is 12.5. The van der Waals surface area contributed by atoms with Gasteiger partial charge in [-0.05, 0) is 90.9 Å². The van der Waals surface area contributed by atoms with Crippen LogP contribution in [-0.2, 0) is 57.0 Å². The molecule has 19 atom stereocenters. The molecule has 2 spiro atoms. The zero-order valence-electron chi connectivity index (χ0n) is 37.5. The number of rotatable bonds is 2. The van der Waals surface area contributed by atoms with Gasteiger partial charge in [-0.2, -0.15) is 0 Å². The molecule has 0 radical (unpaired) electrons. The van der Waals surface area contributed by atoms with Gasteiger partial charge >= 0.3 is 11.9 Å². The van der Waals surface area contributed by atoms with Crippen LogP contribution in [0.25, 0.3) is 0 Å². The van der Waals surface area contributed by atoms with E-state index in [9.17, 15) is 34.8 Å². The van der Waals surface area contributed by atoms with Crippen molar-refractivity contribution in [1.82, 2.24) is 0 Å². The van der Waals surface area contributed by atoms with E-state index in [1.807, 2.05) is 32.9 Å². The first-order valence-electron chi connectivity index (χ1n) is 23.5. The number of fused-ring (bicyclic) bond motifs is 10. The topological polar surface area (TPSA) is 215 Å². The van der Waals surface area contributed by atoms with E-state index >= 15 is 0 Å². The summed E-state index contributed by atoms with van der Waals surface area (Å²) in [4.78, 5) is 40.9. The highest BCUT2D eigenvalue weighted by molar-refractivity contribution is 5.87. The number of carbonyl (C=O) groups is 3. The predicted octanol–water partition coefficient (Wildman–Crippen LogP) is 4.32. The van der Waals surface area contributed by atoms with Gasteiger partial charge in [0.05, 0.1) is 36.4 Å². The van der Waals surface area contributed by atoms with Crippen molar-refractivity contribution in [3.8, 4) is 0 Å². The summed E-state index contributed by atoms with van der Waals surface area (Å²) in [6, 6.07) is 0. The predicted molar refractivity (Wildman–Crippen MR) is 220 cm³/mol. The Balaban J connectivity index is 1.01. The Morgan fingerprint density at radius 2 is 1.59 bits per heavy atom. The number of carbonyl (C=O) groups excluding carboxylic acids is 2. The fourth-order valence-electron chi connectivity index (χ4n) is 12.5. The summed E-state index contributed by atoms with van der Waals surface area (Å²) in [6.07, 6.45) is 2.32. The Morgan fingerprint density at radius 3 is 2.37 bits per heavy atom. The molecule has 16 nitrogen and oxygen atoms in total. The van der Waals surface area contributed by atoms with Crippen molar-refractivity contribution in [3.05, 3.63) is 23.8 Å². The SMILES string of the molecule is CC1=C[C@H](C)C[C@@]2(C)CC[C@@H](O2)C23CC[C@](C(=O)O)(C[C@@H](O2)[C@H]2O[C@](C)(CC2=O)[C@@H](O)[C@@H]2CCC4(CCC[C@H](O4)[C@@H](C)C(=O)O[C@@H]4C[C@@H]([C@@]5(O)OCC[C@@H](C)[C@H]5O)O[C@@H]4C=C1)O2)O3. The summed E-state index contributed by atoms with van der Waals surface area (Å²) in [5.74, 6) is -7.29. The minimum absolute atomic E-state index is 0.0310. The van der Waals surface area contributed by atoms with Gasteiger partial charge in [-0.25, -0.2) is 4.79 Å². The molecule has 10 bridgehead atoms. The van der Waals surface area contributed by atoms with Crippen LogP contribution in [0.5, 0.6) is 0 Å². The maximum absolute atomic E-state index is 14.1. The molecule has 4 N–H and O–H groups in total. The number of ketones is 1. The third-order valence-electron chi connectivity index (χ3n) is 16.0. The molecular formula is C47H68O16. The smallest absolute Gasteiger partial charge is 0.336 e. The highest BCUT2D eigenvalue weighted by Crippen LogP contribution is 2.55. The van der Waals surface area contributed by atoms with Gasteiger partial charge in [0.25, 0.3) is 0 Å². The molecule has 0 amide bonds. The first kappa shape index (κ1) is 45.8. The van der Waals surface area contributed by atoms with Crippen LogP contribution in [0.2, 0.25) is 0 Å². The first-order valence-corrected chi connectivity index (χ1v) is 23.5. The van der Waals surface area contributed by atoms with E-state index in [2.05, 4.69) is 13.0 Å². The maximum Gasteiger partial charge on any atom is 0.336 e. The summed E-state index contributed by atoms with van der Waals surface area (Å²) >= 11 is 0. The highest BCUT2D eigenvalue weighted by atomic mass is 16.8. The summed E-state index contributed by atoms with van der Waals surface area (Å²) in [5, 5.41) is 45.4. The van der Waals surface area contributed by atoms with Gasteiger partial charge in [-0.15, -0.1) is 0 Å². The quantitative estimate of drug-likeness (QED) is 0.284. The Labute approximate surface area is 369 Å². The van der Waals surface area contributed by atoms with Gasteiger partial charge in [0, 0.05) is 38.5 Å². The fraction of sp³-hybridized carbons (Fsp3) is 0.851. The van der Waals surface area contributed by atoms with Gasteiger partial charge in [-0.3, -0.25) is 9.59 Å². The van der Waals surface area contributed by atoms with E-state index in [0.29, 0.717) is 57.8 Å². The van der Waals surface area contributed by atoms with Gasteiger partial charge in [0.2, 0.25) is 5.79 Å². The van der Waals surface area contributed by atoms with E-state index < -0.39 is 113 Å². The number of allylic oxidation sites excluding steroid dienone is 3. The van der Waals surface area contributed by atoms with E-state index in [1.165, 1.54) is 0 Å². The normalized spacial score (nSPS) is 52.9. The summed E-state index contributed by atoms with van der Waals surface area (Å²) < 4.78 is 58.2. The van der Waals surface area contributed by atoms with Gasteiger partial charge in [0.15, 0.2) is 23.0 Å². The molecule has 0 saturated carbocycles. The molecule has 16 heteroatoms. The Bertz CT molecular complexity index is 1860. The van der Waals surface area contributed by atoms with Crippen molar-refractivity contribution in [2.45, 2.75) is 227 Å². The molecule has 352 valence electrons. The van der Waals surface area contributed by atoms with Crippen molar-refractivity contribution in [2.24, 2.45) is 17.8 Å². The molecule has 63 heavy (non-hydrogen) atoms. The average molecular weight is 889 g/mol. The number of hydrogen-bond donors (Lipinski definition) is 4. The number of hydrogen-bond acceptors (Lipinski definition) is 15. The largest absolute Gasteiger partial charge is 0.479 e. The molecule has 0 aromatic heterocycles. The second-order valence-electron chi connectivity index (χ2n) is 21.1. The Kier molecular flexibility index (Phi) is 12.0. The Morgan fingerprint density at radius 1 is 0.810 bits per heavy atom. The number of carboxylic acids is 1. The lowest BCUT2D eigenvalue weighted by molar-refractivity contribution is -0.358. The summed E-state index contributed by atoms with van der Waals surface area (Å²) in [6.45, 7) is 11.6. The van der Waals surface area contributed by atoms with E-state index in [0.717, 1.165) is 5.57 Å². The molecule has 8 fully saturated rings. The standard InChI is InChI=1S/C47H68O16/c1-25-9-10-31-33(21-36(56-31)47(54)38(49)27(3)13-19-55-47)57-40(51)28(4)30-8-7-14-45(58-30)16-11-32(59-45)39(50)43(6)23-29(48)37(62-43)34-24-44(41(52)53)17-18-46(60-34,63-44)35-12-15-42(5,61-35)22-26(2)20-25/h9-10,20,26-28,30-39,49-50,54H,7-8,11-19,21-24H2,1-6H3,(H,52,53)/t26-,27+,28+,30-,31+,32-,33+,34+,35+,36-,37-,38+,39-,42+,43+,44+,45?,46?,47+/m0/s1. The summed E-state index contributed by atoms with van der Waals surface area (Å²) in [7, 11) is 0. The second kappa shape index (κ2) is 16.5. The summed E-state index contributed by atoms with van der Waals surface area (Å²) in [5.41, 5.74) is -2.63. The molecular weight excluding hydrogens is 821 g/mol. The van der Waals surface area contributed by atoms with Crippen LogP contribution in [0.15, 0.2) is 23.8 Å². The van der Waals surface area contributed by atoms with Gasteiger partial charge < -0.3 is 63.1 Å². The van der Waals surface area contributed by atoms with E-state index in [-0.39, 0.29) is 56.3 Å². The molecule has 0 aliphatic carbocycles. The number of aliphatic hydroxyl groups is 3. The first-order chi connectivity index (χ1) is 29.7. The molecule has 9 aliphatic rings. The maximum atomic E-state index is 14.1. The van der Waals surface area contributed by atoms with Crippen molar-refractivity contribution in [1.29, 1.82) is 0 Å². The molecule has 0 aromatic carbocycles. The van der Waals surface area contributed by atoms with Crippen LogP contribution < -0.4 is 0 Å². The van der Waals surface area contributed by atoms with Gasteiger partial charge in [0.1, 0.15) is 48.3 Å². The molecule has 9 rings (SSSR count). The lowest BCUT2D eigenvalue weighted by Crippen LogP contribution is -2.60. The zero-order valence-corrected chi connectivity index (χ0v) is 37.5. The Hall–Kier alpha value is -2.35. The van der Waals surface area contributed by atoms with Crippen LogP contribution in [-0.4, -0.2) is 140 Å². The zero-order chi connectivity index (χ0) is 44.9. The minimum atomic E-state index is -1.99. The van der Waals surface area contributed by atoms with Crippen molar-refractivity contribution in [2.75, 3.05) is 6.61 Å².